The molecular formula is C16H14N3NaO7S. The van der Waals surface area contributed by atoms with Gasteiger partial charge in [0.05, 0.1) is 28.4 Å². The molecule has 0 aromatic carbocycles. The van der Waals surface area contributed by atoms with E-state index in [4.69, 9.17) is 5.21 Å². The van der Waals surface area contributed by atoms with E-state index < -0.39 is 50.7 Å². The second-order valence-corrected chi connectivity index (χ2v) is 8.26. The average Bonchev–Trinajstić information content (AvgIpc) is 2.64. The van der Waals surface area contributed by atoms with Crippen LogP contribution in [0.5, 0.6) is 0 Å². The van der Waals surface area contributed by atoms with Gasteiger partial charge in [0.25, 0.3) is 11.8 Å². The maximum Gasteiger partial charge on any atom is 1.00 e. The van der Waals surface area contributed by atoms with Crippen LogP contribution in [-0.2, 0) is 24.2 Å². The molecule has 12 heteroatoms. The van der Waals surface area contributed by atoms with Crippen LogP contribution in [0.4, 0.5) is 0 Å². The molecule has 1 aromatic rings. The third-order valence-corrected chi connectivity index (χ3v) is 6.48. The summed E-state index contributed by atoms with van der Waals surface area (Å²) in [6.07, 6.45) is 4.33. The van der Waals surface area contributed by atoms with Gasteiger partial charge in [-0.3, -0.25) is 19.8 Å². The number of rotatable bonds is 4. The predicted octanol–water partition coefficient (Wildman–Crippen LogP) is -5.14. The number of nitrogens with one attached hydrogen (secondary N) is 1. The van der Waals surface area contributed by atoms with E-state index in [2.05, 4.69) is 4.98 Å². The van der Waals surface area contributed by atoms with Crippen molar-refractivity contribution in [2.45, 2.75) is 5.37 Å². The topological polar surface area (TPSA) is 157 Å². The van der Waals surface area contributed by atoms with Crippen LogP contribution in [-0.4, -0.2) is 59.0 Å². The molecular weight excluding hydrogens is 401 g/mol. The number of β-lactam (4-membered cyclic amide) rings is 1. The van der Waals surface area contributed by atoms with Gasteiger partial charge in [-0.1, -0.05) is 12.1 Å². The summed E-state index contributed by atoms with van der Waals surface area (Å²) in [6, 6.07) is 4.94. The molecule has 0 spiro atoms. The summed E-state index contributed by atoms with van der Waals surface area (Å²) < 4.78 is 25.4. The number of carbonyl (C=O) groups is 3. The molecule has 2 saturated heterocycles. The summed E-state index contributed by atoms with van der Waals surface area (Å²) in [6.45, 7) is -0.479. The van der Waals surface area contributed by atoms with Crippen LogP contribution < -0.4 is 40.1 Å². The standard InChI is InChI=1S/C16H15N3O7S.Na/c20-12(18-24)4-5-16(15(22)23)8-19-13(21)11(14(19)27(25,26)9-16)7-10-3-1-2-6-17-10;/h1-7,14,24H,8-9H2,(H,18,20)(H,22,23);/q;+1/p-1/t14-,16?;/m1./s1. The molecule has 2 atom stereocenters. The van der Waals surface area contributed by atoms with Crippen molar-refractivity contribution in [3.63, 3.8) is 0 Å². The normalized spacial score (nSPS) is 26.9. The Balaban J connectivity index is 0.00000280. The average molecular weight is 415 g/mol. The van der Waals surface area contributed by atoms with Crippen molar-refractivity contribution < 1.29 is 62.7 Å². The van der Waals surface area contributed by atoms with Crippen LogP contribution in [0.15, 0.2) is 42.1 Å². The molecule has 28 heavy (non-hydrogen) atoms. The maximum atomic E-state index is 12.7. The molecule has 3 rings (SSSR count). The maximum absolute atomic E-state index is 12.7. The third kappa shape index (κ3) is 3.89. The zero-order chi connectivity index (χ0) is 19.8. The number of carbonyl (C=O) groups excluding carboxylic acids is 3. The summed E-state index contributed by atoms with van der Waals surface area (Å²) >= 11 is 0. The van der Waals surface area contributed by atoms with E-state index in [0.717, 1.165) is 11.0 Å². The number of pyridine rings is 1. The Kier molecular flexibility index (Phi) is 6.46. The van der Waals surface area contributed by atoms with E-state index in [0.29, 0.717) is 11.8 Å². The van der Waals surface area contributed by atoms with Crippen molar-refractivity contribution in [3.8, 4) is 0 Å². The summed E-state index contributed by atoms with van der Waals surface area (Å²) in [5.74, 6) is -4.28. The van der Waals surface area contributed by atoms with Crippen molar-refractivity contribution in [3.05, 3.63) is 47.8 Å². The number of fused-ring (bicyclic) bond motifs is 1. The van der Waals surface area contributed by atoms with Crippen molar-refractivity contribution >= 4 is 33.7 Å². The van der Waals surface area contributed by atoms with Crippen LogP contribution >= 0.6 is 0 Å². The number of carboxylic acid groups (broad SMARTS) is 1. The first kappa shape index (κ1) is 22.2. The monoisotopic (exact) mass is 415 g/mol. The van der Waals surface area contributed by atoms with Gasteiger partial charge in [0, 0.05) is 18.8 Å². The molecule has 1 unspecified atom stereocenters. The van der Waals surface area contributed by atoms with Crippen LogP contribution in [0.2, 0.25) is 0 Å². The van der Waals surface area contributed by atoms with Gasteiger partial charge in [-0.05, 0) is 18.2 Å². The second kappa shape index (κ2) is 8.13. The number of hydrogen-bond donors (Lipinski definition) is 2. The summed E-state index contributed by atoms with van der Waals surface area (Å²) in [7, 11) is -4.09. The van der Waals surface area contributed by atoms with Crippen molar-refractivity contribution in [1.29, 1.82) is 0 Å². The Bertz CT molecular complexity index is 977. The number of aliphatic carboxylic acids is 1. The third-order valence-electron chi connectivity index (χ3n) is 4.37. The van der Waals surface area contributed by atoms with Crippen molar-refractivity contribution in [2.24, 2.45) is 5.41 Å². The van der Waals surface area contributed by atoms with Gasteiger partial charge in [0.15, 0.2) is 15.2 Å². The molecule has 2 aliphatic rings. The zero-order valence-corrected chi connectivity index (χ0v) is 17.5. The fourth-order valence-corrected chi connectivity index (χ4v) is 5.42. The Morgan fingerprint density at radius 2 is 2.11 bits per heavy atom. The van der Waals surface area contributed by atoms with Gasteiger partial charge in [0.1, 0.15) is 0 Å². The fourth-order valence-electron chi connectivity index (χ4n) is 3.13. The molecule has 0 radical (unpaired) electrons. The minimum Gasteiger partial charge on any atom is -0.549 e. The van der Waals surface area contributed by atoms with E-state index in [9.17, 15) is 27.9 Å². The molecule has 3 heterocycles. The predicted molar refractivity (Wildman–Crippen MR) is 88.0 cm³/mol. The minimum atomic E-state index is -4.09. The van der Waals surface area contributed by atoms with Crippen LogP contribution in [0.3, 0.4) is 0 Å². The molecule has 142 valence electrons. The van der Waals surface area contributed by atoms with Crippen molar-refractivity contribution in [2.75, 3.05) is 12.3 Å². The number of carboxylic acids is 1. The quantitative estimate of drug-likeness (QED) is 0.163. The molecule has 2 aliphatic heterocycles. The smallest absolute Gasteiger partial charge is 0.549 e. The van der Waals surface area contributed by atoms with Gasteiger partial charge in [0.2, 0.25) is 0 Å². The SMILES string of the molecule is O=C(C=CC1(C(=O)[O-])CN2C(=O)C(=Cc3ccccn3)[C@H]2S(=O)(=O)C1)NO.[Na+]. The Morgan fingerprint density at radius 3 is 2.68 bits per heavy atom. The van der Waals surface area contributed by atoms with Crippen LogP contribution in [0.1, 0.15) is 5.69 Å². The van der Waals surface area contributed by atoms with E-state index >= 15 is 0 Å². The van der Waals surface area contributed by atoms with Crippen LogP contribution in [0.25, 0.3) is 6.08 Å². The molecule has 0 saturated carbocycles. The van der Waals surface area contributed by atoms with Gasteiger partial charge in [-0.2, -0.15) is 0 Å². The van der Waals surface area contributed by atoms with E-state index in [1.54, 1.807) is 18.2 Å². The number of nitrogens with zero attached hydrogens (tertiary/aromatic N) is 2. The Hall–Kier alpha value is -2.05. The van der Waals surface area contributed by atoms with Gasteiger partial charge >= 0.3 is 29.6 Å². The molecule has 0 aliphatic carbocycles. The van der Waals surface area contributed by atoms with E-state index in [-0.39, 0.29) is 35.1 Å². The van der Waals surface area contributed by atoms with Gasteiger partial charge < -0.3 is 14.8 Å². The number of amides is 2. The second-order valence-electron chi connectivity index (χ2n) is 6.20. The first-order chi connectivity index (χ1) is 12.7. The molecule has 2 fully saturated rings. The number of hydroxylamine groups is 1. The fraction of sp³-hybridized carbons (Fsp3) is 0.250. The largest absolute Gasteiger partial charge is 1.00 e. The van der Waals surface area contributed by atoms with Crippen molar-refractivity contribution in [1.82, 2.24) is 15.4 Å². The summed E-state index contributed by atoms with van der Waals surface area (Å²) in [5.41, 5.74) is -0.437. The number of sulfone groups is 1. The molecule has 2 amide bonds. The number of aromatic nitrogens is 1. The van der Waals surface area contributed by atoms with Gasteiger partial charge in [-0.15, -0.1) is 0 Å². The summed E-state index contributed by atoms with van der Waals surface area (Å²) in [5, 5.41) is 18.9. The molecule has 1 aromatic heterocycles. The zero-order valence-electron chi connectivity index (χ0n) is 14.7. The van der Waals surface area contributed by atoms with E-state index in [1.165, 1.54) is 17.8 Å². The Morgan fingerprint density at radius 1 is 1.39 bits per heavy atom. The molecule has 2 N–H and O–H groups in total. The van der Waals surface area contributed by atoms with E-state index in [1.807, 2.05) is 0 Å². The Labute approximate surface area is 182 Å². The first-order valence-corrected chi connectivity index (χ1v) is 9.42. The van der Waals surface area contributed by atoms with Crippen LogP contribution in [0, 0.1) is 5.41 Å². The minimum absolute atomic E-state index is 0. The molecule has 10 nitrogen and oxygen atoms in total. The number of hydrogen-bond acceptors (Lipinski definition) is 8. The molecule has 0 bridgehead atoms. The summed E-state index contributed by atoms with van der Waals surface area (Å²) in [4.78, 5) is 40.1. The first-order valence-electron chi connectivity index (χ1n) is 7.70. The van der Waals surface area contributed by atoms with Gasteiger partial charge in [-0.25, -0.2) is 13.9 Å².